The highest BCUT2D eigenvalue weighted by Gasteiger charge is 2.44. The zero-order chi connectivity index (χ0) is 69.2. The van der Waals surface area contributed by atoms with Crippen LogP contribution < -0.4 is 5.32 Å². The molecule has 0 aromatic carbocycles. The minimum Gasteiger partial charge on any atom is -0.394 e. The SMILES string of the molecule is CC/C=C\C/C=C\C/C=C\C/C=C\C/C=C\C/C=C\C/C=C\C/C=C\C/C=C\C/C=C\C/C=C\CCCCCCCCCC(=O)NC(COC1OC(CO)C(O)C(O)C1O)C(O)/C=C/CC/C=C/CC/C=C/CCCCCCCCCCCCCCCCCCCCCCCC. The van der Waals surface area contributed by atoms with Gasteiger partial charge in [-0.3, -0.25) is 4.79 Å². The Morgan fingerprint density at radius 2 is 0.656 bits per heavy atom. The summed E-state index contributed by atoms with van der Waals surface area (Å²) in [6.45, 7) is 3.66. The Morgan fingerprint density at radius 1 is 0.365 bits per heavy atom. The van der Waals surface area contributed by atoms with Crippen LogP contribution in [0.4, 0.5) is 0 Å². The molecule has 9 nitrogen and oxygen atoms in total. The van der Waals surface area contributed by atoms with Gasteiger partial charge in [-0.05, 0) is 128 Å². The molecule has 7 atom stereocenters. The molecule has 0 bridgehead atoms. The molecule has 1 amide bonds. The number of hydrogen-bond acceptors (Lipinski definition) is 8. The first-order valence-electron chi connectivity index (χ1n) is 39.4. The fraction of sp³-hybridized carbons (Fsp3) is 0.667. The molecule has 0 aromatic rings. The van der Waals surface area contributed by atoms with Crippen LogP contribution in [0.3, 0.4) is 0 Å². The topological polar surface area (TPSA) is 149 Å². The Bertz CT molecular complexity index is 2140. The van der Waals surface area contributed by atoms with E-state index in [-0.39, 0.29) is 12.5 Å². The van der Waals surface area contributed by atoms with Crippen molar-refractivity contribution in [3.63, 3.8) is 0 Å². The highest BCUT2D eigenvalue weighted by molar-refractivity contribution is 5.76. The first-order chi connectivity index (χ1) is 47.3. The van der Waals surface area contributed by atoms with Gasteiger partial charge in [0.1, 0.15) is 24.4 Å². The second-order valence-electron chi connectivity index (χ2n) is 26.4. The zero-order valence-electron chi connectivity index (χ0n) is 61.3. The van der Waals surface area contributed by atoms with E-state index in [1.54, 1.807) is 6.08 Å². The van der Waals surface area contributed by atoms with Crippen LogP contribution >= 0.6 is 0 Å². The molecule has 9 heteroatoms. The van der Waals surface area contributed by atoms with E-state index < -0.39 is 49.5 Å². The van der Waals surface area contributed by atoms with Crippen LogP contribution in [-0.4, -0.2) is 87.5 Å². The van der Waals surface area contributed by atoms with Crippen molar-refractivity contribution in [2.45, 2.75) is 358 Å². The monoisotopic (exact) mass is 1330 g/mol. The summed E-state index contributed by atoms with van der Waals surface area (Å²) >= 11 is 0. The molecule has 7 unspecified atom stereocenters. The molecule has 0 aliphatic carbocycles. The Hall–Kier alpha value is -4.45. The van der Waals surface area contributed by atoms with Gasteiger partial charge in [0.2, 0.25) is 5.91 Å². The molecule has 1 rings (SSSR count). The molecule has 546 valence electrons. The normalized spacial score (nSPS) is 18.4. The largest absolute Gasteiger partial charge is 0.394 e. The van der Waals surface area contributed by atoms with Crippen molar-refractivity contribution in [1.82, 2.24) is 5.32 Å². The summed E-state index contributed by atoms with van der Waals surface area (Å²) in [4.78, 5) is 13.2. The molecule has 0 aromatic heterocycles. The standard InChI is InChI=1S/C87H145NO8/c1-3-5-7-9-11-13-15-17-19-21-23-25-27-29-31-33-35-37-38-39-40-41-42-43-44-45-47-49-51-53-55-57-59-61-63-65-67-69-71-73-75-77-83(91)88-80(79-95-87-86(94)85(93)84(92)82(78-89)96-87)81(90)76-74-72-70-68-66-64-62-60-58-56-54-52-50-48-46-36-34-32-30-28-26-24-22-20-18-16-14-12-10-8-6-4-2/h5,7,11,13,17,19,23,25,29,31,35,37,39-40,42-43,45,47,51,53,57-60,66,68,74,76,80-82,84-87,89-90,92-94H,3-4,6,8-10,12,14-16,18,20-22,24,26-28,30,32-34,36,38,41,44,46,48-50,52,54-56,61-65,67,69-73,75,77-79H2,1-2H3,(H,88,91)/b7-5-,13-11-,19-17-,25-23-,31-29-,37-35-,40-39-,43-42-,47-45-,53-51-,59-57-,60-58+,68-66+,76-74+. The van der Waals surface area contributed by atoms with Crippen molar-refractivity contribution in [3.05, 3.63) is 170 Å². The number of amides is 1. The van der Waals surface area contributed by atoms with Crippen LogP contribution in [-0.2, 0) is 14.3 Å². The van der Waals surface area contributed by atoms with Crippen LogP contribution in [0.1, 0.15) is 316 Å². The number of carbonyl (C=O) groups is 1. The summed E-state index contributed by atoms with van der Waals surface area (Å²) in [6.07, 6.45) is 109. The molecule has 1 aliphatic rings. The average molecular weight is 1330 g/mol. The number of hydrogen-bond donors (Lipinski definition) is 6. The van der Waals surface area contributed by atoms with E-state index in [4.69, 9.17) is 9.47 Å². The van der Waals surface area contributed by atoms with Gasteiger partial charge in [-0.2, -0.15) is 0 Å². The van der Waals surface area contributed by atoms with Gasteiger partial charge >= 0.3 is 0 Å². The van der Waals surface area contributed by atoms with E-state index in [0.717, 1.165) is 135 Å². The zero-order valence-corrected chi connectivity index (χ0v) is 61.3. The Labute approximate surface area is 589 Å². The van der Waals surface area contributed by atoms with Gasteiger partial charge in [0.25, 0.3) is 0 Å². The lowest BCUT2D eigenvalue weighted by atomic mass is 9.99. The van der Waals surface area contributed by atoms with Gasteiger partial charge < -0.3 is 40.3 Å². The van der Waals surface area contributed by atoms with E-state index in [2.05, 4.69) is 177 Å². The van der Waals surface area contributed by atoms with Gasteiger partial charge in [0, 0.05) is 6.42 Å². The number of carbonyl (C=O) groups excluding carboxylic acids is 1. The second-order valence-corrected chi connectivity index (χ2v) is 26.4. The van der Waals surface area contributed by atoms with E-state index in [1.165, 1.54) is 161 Å². The Morgan fingerprint density at radius 3 is 1.00 bits per heavy atom. The quantitative estimate of drug-likeness (QED) is 0.0261. The van der Waals surface area contributed by atoms with Crippen molar-refractivity contribution in [2.24, 2.45) is 0 Å². The van der Waals surface area contributed by atoms with Gasteiger partial charge in [-0.15, -0.1) is 0 Å². The molecule has 1 aliphatic heterocycles. The van der Waals surface area contributed by atoms with Crippen LogP contribution in [0.2, 0.25) is 0 Å². The predicted octanol–water partition coefficient (Wildman–Crippen LogP) is 22.8. The first kappa shape index (κ1) is 89.6. The predicted molar refractivity (Wildman–Crippen MR) is 414 cm³/mol. The lowest BCUT2D eigenvalue weighted by Gasteiger charge is -2.40. The summed E-state index contributed by atoms with van der Waals surface area (Å²) < 4.78 is 11.3. The molecule has 0 radical (unpaired) electrons. The van der Waals surface area contributed by atoms with E-state index in [1.807, 2.05) is 6.08 Å². The third-order valence-electron chi connectivity index (χ3n) is 17.5. The summed E-state index contributed by atoms with van der Waals surface area (Å²) in [7, 11) is 0. The van der Waals surface area contributed by atoms with E-state index in [9.17, 15) is 30.3 Å². The Balaban J connectivity index is 2.17. The number of unbranched alkanes of at least 4 members (excludes halogenated alkanes) is 31. The maximum absolute atomic E-state index is 13.2. The van der Waals surface area contributed by atoms with E-state index in [0.29, 0.717) is 6.42 Å². The van der Waals surface area contributed by atoms with Gasteiger partial charge in [0.05, 0.1) is 25.4 Å². The molecule has 96 heavy (non-hydrogen) atoms. The molecule has 6 N–H and O–H groups in total. The minimum atomic E-state index is -1.59. The third kappa shape index (κ3) is 60.7. The minimum absolute atomic E-state index is 0.206. The smallest absolute Gasteiger partial charge is 0.220 e. The van der Waals surface area contributed by atoms with Crippen LogP contribution in [0.25, 0.3) is 0 Å². The number of aliphatic hydroxyl groups excluding tert-OH is 5. The molecule has 0 saturated carbocycles. The fourth-order valence-corrected chi connectivity index (χ4v) is 11.4. The summed E-state index contributed by atoms with van der Waals surface area (Å²) in [5.74, 6) is -0.206. The highest BCUT2D eigenvalue weighted by Crippen LogP contribution is 2.23. The van der Waals surface area contributed by atoms with Crippen molar-refractivity contribution in [3.8, 4) is 0 Å². The van der Waals surface area contributed by atoms with Crippen molar-refractivity contribution in [2.75, 3.05) is 13.2 Å². The molecule has 1 saturated heterocycles. The number of ether oxygens (including phenoxy) is 2. The number of aliphatic hydroxyl groups is 5. The third-order valence-corrected chi connectivity index (χ3v) is 17.5. The summed E-state index contributed by atoms with van der Waals surface area (Å²) in [5, 5.41) is 54.8. The average Bonchev–Trinajstić information content (AvgIpc) is 0.840. The molecule has 0 spiro atoms. The van der Waals surface area contributed by atoms with Crippen LogP contribution in [0, 0.1) is 0 Å². The summed E-state index contributed by atoms with van der Waals surface area (Å²) in [5.41, 5.74) is 0. The maximum atomic E-state index is 13.2. The van der Waals surface area contributed by atoms with Crippen molar-refractivity contribution >= 4 is 5.91 Å². The number of nitrogens with one attached hydrogen (secondary N) is 1. The maximum Gasteiger partial charge on any atom is 0.220 e. The first-order valence-corrected chi connectivity index (χ1v) is 39.4. The highest BCUT2D eigenvalue weighted by atomic mass is 16.7. The van der Waals surface area contributed by atoms with Crippen LogP contribution in [0.15, 0.2) is 170 Å². The molecule has 1 fully saturated rings. The molecular weight excluding hydrogens is 1190 g/mol. The lowest BCUT2D eigenvalue weighted by Crippen LogP contribution is -2.60. The van der Waals surface area contributed by atoms with Crippen molar-refractivity contribution < 1.29 is 39.8 Å². The lowest BCUT2D eigenvalue weighted by molar-refractivity contribution is -0.302. The molecule has 1 heterocycles. The summed E-state index contributed by atoms with van der Waals surface area (Å²) in [6, 6.07) is -0.850. The van der Waals surface area contributed by atoms with Gasteiger partial charge in [-0.25, -0.2) is 0 Å². The number of rotatable bonds is 67. The van der Waals surface area contributed by atoms with Crippen molar-refractivity contribution in [1.29, 1.82) is 0 Å². The number of allylic oxidation sites excluding steroid dienone is 27. The second kappa shape index (κ2) is 73.3. The van der Waals surface area contributed by atoms with Gasteiger partial charge in [-0.1, -0.05) is 351 Å². The van der Waals surface area contributed by atoms with Gasteiger partial charge in [0.15, 0.2) is 6.29 Å². The fourth-order valence-electron chi connectivity index (χ4n) is 11.4. The molecular formula is C87H145NO8. The van der Waals surface area contributed by atoms with E-state index >= 15 is 0 Å². The van der Waals surface area contributed by atoms with Crippen LogP contribution in [0.5, 0.6) is 0 Å². The Kier molecular flexibility index (Phi) is 68.4.